The molecule has 0 aromatic heterocycles. The first-order chi connectivity index (χ1) is 7.95. The lowest BCUT2D eigenvalue weighted by Crippen LogP contribution is -3.00. The summed E-state index contributed by atoms with van der Waals surface area (Å²) >= 11 is 0. The first-order valence-corrected chi connectivity index (χ1v) is 6.46. The predicted molar refractivity (Wildman–Crippen MR) is 70.5 cm³/mol. The van der Waals surface area contributed by atoms with Gasteiger partial charge in [-0.15, -0.1) is 0 Å². The second-order valence-corrected chi connectivity index (χ2v) is 5.60. The molecule has 4 nitrogen and oxygen atoms in total. The number of oxime groups is 1. The summed E-state index contributed by atoms with van der Waals surface area (Å²) in [7, 11) is 6.65. The van der Waals surface area contributed by atoms with Gasteiger partial charge in [-0.3, -0.25) is 4.79 Å². The lowest BCUT2D eigenvalue weighted by molar-refractivity contribution is -0.870. The number of hydrogen-bond donors (Lipinski definition) is 1. The van der Waals surface area contributed by atoms with Gasteiger partial charge in [0.2, 0.25) is 0 Å². The third-order valence-electron chi connectivity index (χ3n) is 2.70. The van der Waals surface area contributed by atoms with E-state index in [1.807, 2.05) is 0 Å². The van der Waals surface area contributed by atoms with E-state index >= 15 is 0 Å². The second kappa shape index (κ2) is 11.9. The summed E-state index contributed by atoms with van der Waals surface area (Å²) < 4.78 is 1.04. The highest BCUT2D eigenvalue weighted by Crippen LogP contribution is 2.08. The number of rotatable bonds is 10. The van der Waals surface area contributed by atoms with Crippen LogP contribution in [-0.4, -0.2) is 49.4 Å². The number of unbranched alkanes of at least 4 members (excludes halogenated alkanes) is 5. The van der Waals surface area contributed by atoms with Gasteiger partial charge in [0.05, 0.1) is 27.7 Å². The first-order valence-electron chi connectivity index (χ1n) is 6.46. The normalized spacial score (nSPS) is 11.5. The van der Waals surface area contributed by atoms with Crippen LogP contribution in [0.25, 0.3) is 0 Å². The van der Waals surface area contributed by atoms with Gasteiger partial charge in [-0.05, 0) is 19.3 Å². The zero-order chi connectivity index (χ0) is 13.1. The van der Waals surface area contributed by atoms with E-state index < -0.39 is 0 Å². The van der Waals surface area contributed by atoms with Crippen LogP contribution < -0.4 is 24.0 Å². The van der Waals surface area contributed by atoms with Gasteiger partial charge in [0.1, 0.15) is 6.21 Å². The lowest BCUT2D eigenvalue weighted by atomic mass is 10.1. The van der Waals surface area contributed by atoms with E-state index in [0.717, 1.165) is 23.5 Å². The van der Waals surface area contributed by atoms with E-state index in [1.54, 1.807) is 0 Å². The molecule has 0 amide bonds. The molecule has 0 radical (unpaired) electrons. The Hall–Kier alpha value is -0.170. The van der Waals surface area contributed by atoms with Gasteiger partial charge in [-0.2, -0.15) is 0 Å². The molecular weight excluding hydrogens is 343 g/mol. The van der Waals surface area contributed by atoms with Crippen LogP contribution in [0.3, 0.4) is 0 Å². The second-order valence-electron chi connectivity index (χ2n) is 5.60. The molecule has 0 aliphatic rings. The number of nitrogens with zero attached hydrogens (tertiary/aromatic N) is 2. The highest BCUT2D eigenvalue weighted by Gasteiger charge is 2.05. The third kappa shape index (κ3) is 15.8. The SMILES string of the molecule is C[N+](C)(C)CCCCCCCCC(=O)/C=N/O.[I-]. The fourth-order valence-electron chi connectivity index (χ4n) is 1.72. The smallest absolute Gasteiger partial charge is 0.177 e. The Morgan fingerprint density at radius 1 is 1.06 bits per heavy atom. The highest BCUT2D eigenvalue weighted by molar-refractivity contribution is 6.27. The average Bonchev–Trinajstić information content (AvgIpc) is 2.21. The van der Waals surface area contributed by atoms with Crippen molar-refractivity contribution in [2.75, 3.05) is 27.7 Å². The van der Waals surface area contributed by atoms with Crippen molar-refractivity contribution in [3.63, 3.8) is 0 Å². The summed E-state index contributed by atoms with van der Waals surface area (Å²) in [6.07, 6.45) is 8.49. The van der Waals surface area contributed by atoms with Gasteiger partial charge in [0.15, 0.2) is 5.78 Å². The van der Waals surface area contributed by atoms with E-state index in [1.165, 1.54) is 32.2 Å². The van der Waals surface area contributed by atoms with Gasteiger partial charge >= 0.3 is 0 Å². The van der Waals surface area contributed by atoms with Crippen LogP contribution in [0.4, 0.5) is 0 Å². The molecule has 0 aromatic rings. The molecule has 108 valence electrons. The van der Waals surface area contributed by atoms with Gasteiger partial charge in [0.25, 0.3) is 0 Å². The predicted octanol–water partition coefficient (Wildman–Crippen LogP) is -0.544. The molecule has 0 atom stereocenters. The van der Waals surface area contributed by atoms with E-state index in [2.05, 4.69) is 26.3 Å². The van der Waals surface area contributed by atoms with Crippen molar-refractivity contribution in [2.24, 2.45) is 5.16 Å². The minimum absolute atomic E-state index is 0. The summed E-state index contributed by atoms with van der Waals surface area (Å²) in [6.45, 7) is 1.23. The minimum Gasteiger partial charge on any atom is -1.00 e. The number of halogens is 1. The van der Waals surface area contributed by atoms with Crippen LogP contribution in [0, 0.1) is 0 Å². The van der Waals surface area contributed by atoms with Crippen LogP contribution in [-0.2, 0) is 4.79 Å². The summed E-state index contributed by atoms with van der Waals surface area (Å²) in [5.74, 6) is -0.0856. The number of carbonyl (C=O) groups excluding carboxylic acids is 1. The van der Waals surface area contributed by atoms with Crippen LogP contribution in [0.1, 0.15) is 44.9 Å². The minimum atomic E-state index is -0.0856. The van der Waals surface area contributed by atoms with Crippen LogP contribution >= 0.6 is 0 Å². The van der Waals surface area contributed by atoms with Crippen molar-refractivity contribution in [2.45, 2.75) is 44.9 Å². The number of quaternary nitrogens is 1. The zero-order valence-electron chi connectivity index (χ0n) is 11.9. The van der Waals surface area contributed by atoms with Gasteiger partial charge < -0.3 is 33.7 Å². The maximum Gasteiger partial charge on any atom is 0.177 e. The molecule has 0 aliphatic heterocycles. The summed E-state index contributed by atoms with van der Waals surface area (Å²) in [4.78, 5) is 11.0. The van der Waals surface area contributed by atoms with E-state index in [0.29, 0.717) is 6.42 Å². The maximum absolute atomic E-state index is 11.0. The van der Waals surface area contributed by atoms with Gasteiger partial charge in [0, 0.05) is 6.42 Å². The standard InChI is InChI=1S/C13H26N2O2.HI/c1-15(2,3)11-9-7-5-4-6-8-10-13(16)12-14-17;/h12H,4-11H2,1-3H3;1H. The summed E-state index contributed by atoms with van der Waals surface area (Å²) in [5, 5.41) is 10.9. The largest absolute Gasteiger partial charge is 1.00 e. The molecule has 0 aromatic carbocycles. The Labute approximate surface area is 128 Å². The topological polar surface area (TPSA) is 49.7 Å². The molecule has 0 aliphatic carbocycles. The molecule has 0 rings (SSSR count). The molecule has 0 bridgehead atoms. The first kappa shape index (κ1) is 20.2. The Bertz CT molecular complexity index is 238. The van der Waals surface area contributed by atoms with Crippen LogP contribution in [0.5, 0.6) is 0 Å². The molecule has 0 saturated carbocycles. The Balaban J connectivity index is 0. The molecule has 0 spiro atoms. The van der Waals surface area contributed by atoms with Crippen molar-refractivity contribution >= 4 is 12.0 Å². The summed E-state index contributed by atoms with van der Waals surface area (Å²) in [5.41, 5.74) is 0. The summed E-state index contributed by atoms with van der Waals surface area (Å²) in [6, 6.07) is 0. The molecule has 0 heterocycles. The van der Waals surface area contributed by atoms with Crippen molar-refractivity contribution in [1.29, 1.82) is 0 Å². The highest BCUT2D eigenvalue weighted by atomic mass is 127. The molecule has 1 N–H and O–H groups in total. The lowest BCUT2D eigenvalue weighted by Gasteiger charge is -2.23. The average molecular weight is 370 g/mol. The van der Waals surface area contributed by atoms with Gasteiger partial charge in [-0.25, -0.2) is 0 Å². The maximum atomic E-state index is 11.0. The number of hydrogen-bond acceptors (Lipinski definition) is 3. The Kier molecular flexibility index (Phi) is 13.3. The fourth-order valence-corrected chi connectivity index (χ4v) is 1.72. The molecule has 0 saturated heterocycles. The Morgan fingerprint density at radius 2 is 1.56 bits per heavy atom. The molecule has 0 unspecified atom stereocenters. The van der Waals surface area contributed by atoms with E-state index in [-0.39, 0.29) is 29.8 Å². The van der Waals surface area contributed by atoms with Crippen molar-refractivity contribution in [3.05, 3.63) is 0 Å². The van der Waals surface area contributed by atoms with Crippen molar-refractivity contribution in [3.8, 4) is 0 Å². The number of carbonyl (C=O) groups is 1. The van der Waals surface area contributed by atoms with Crippen LogP contribution in [0.2, 0.25) is 0 Å². The monoisotopic (exact) mass is 370 g/mol. The molecule has 18 heavy (non-hydrogen) atoms. The van der Waals surface area contributed by atoms with Gasteiger partial charge in [-0.1, -0.05) is 24.4 Å². The van der Waals surface area contributed by atoms with Crippen LogP contribution in [0.15, 0.2) is 5.16 Å². The zero-order valence-corrected chi connectivity index (χ0v) is 14.0. The number of Topliss-reactive ketones (excluding diaryl/α,β-unsaturated/α-hetero) is 1. The Morgan fingerprint density at radius 3 is 2.06 bits per heavy atom. The molecule has 0 fully saturated rings. The fraction of sp³-hybridized carbons (Fsp3) is 0.846. The van der Waals surface area contributed by atoms with Crippen molar-refractivity contribution < 1.29 is 38.5 Å². The van der Waals surface area contributed by atoms with Crippen molar-refractivity contribution in [1.82, 2.24) is 0 Å². The van der Waals surface area contributed by atoms with E-state index in [4.69, 9.17) is 5.21 Å². The number of ketones is 1. The molecule has 5 heteroatoms. The third-order valence-corrected chi connectivity index (χ3v) is 2.70. The molecular formula is C13H27IN2O2. The quantitative estimate of drug-likeness (QED) is 0.140. The van der Waals surface area contributed by atoms with E-state index in [9.17, 15) is 4.79 Å².